The molecule has 0 heterocycles. The fraction of sp³-hybridized carbons (Fsp3) is 0.929. The van der Waals surface area contributed by atoms with Crippen molar-refractivity contribution in [2.75, 3.05) is 6.61 Å². The number of hydrogen-bond donors (Lipinski definition) is 1. The van der Waals surface area contributed by atoms with Gasteiger partial charge in [-0.25, -0.2) is 0 Å². The first-order chi connectivity index (χ1) is 8.15. The number of ether oxygens (including phenoxy) is 1. The van der Waals surface area contributed by atoms with Gasteiger partial charge in [-0.1, -0.05) is 32.1 Å². The molecule has 3 heteroatoms. The van der Waals surface area contributed by atoms with E-state index in [0.29, 0.717) is 6.61 Å². The Morgan fingerprint density at radius 1 is 1.06 bits per heavy atom. The van der Waals surface area contributed by atoms with Crippen LogP contribution in [0.25, 0.3) is 0 Å². The number of carbonyl (C=O) groups excluding carboxylic acids is 1. The second kappa shape index (κ2) is 4.97. The standard InChI is InChI=1S/C14H24O3/c1-2-17-12(15)13(8-4-3-5-9-13)14(16)10-6-7-11-14/h16H,2-11H2,1H3. The molecular weight excluding hydrogens is 216 g/mol. The van der Waals surface area contributed by atoms with E-state index in [1.54, 1.807) is 0 Å². The molecule has 17 heavy (non-hydrogen) atoms. The van der Waals surface area contributed by atoms with E-state index in [0.717, 1.165) is 51.4 Å². The Morgan fingerprint density at radius 3 is 2.12 bits per heavy atom. The molecule has 2 fully saturated rings. The van der Waals surface area contributed by atoms with Crippen molar-refractivity contribution in [3.05, 3.63) is 0 Å². The van der Waals surface area contributed by atoms with E-state index in [4.69, 9.17) is 4.74 Å². The van der Waals surface area contributed by atoms with Gasteiger partial charge in [-0.2, -0.15) is 0 Å². The minimum absolute atomic E-state index is 0.149. The molecule has 0 atom stereocenters. The summed E-state index contributed by atoms with van der Waals surface area (Å²) >= 11 is 0. The summed E-state index contributed by atoms with van der Waals surface area (Å²) in [5.41, 5.74) is -1.39. The average molecular weight is 240 g/mol. The van der Waals surface area contributed by atoms with Gasteiger partial charge in [0.1, 0.15) is 0 Å². The summed E-state index contributed by atoms with van der Waals surface area (Å²) < 4.78 is 5.26. The molecule has 0 aliphatic heterocycles. The van der Waals surface area contributed by atoms with E-state index < -0.39 is 11.0 Å². The maximum absolute atomic E-state index is 12.3. The fourth-order valence-electron chi connectivity index (χ4n) is 3.72. The zero-order chi connectivity index (χ0) is 12.4. The smallest absolute Gasteiger partial charge is 0.314 e. The van der Waals surface area contributed by atoms with Gasteiger partial charge < -0.3 is 9.84 Å². The topological polar surface area (TPSA) is 46.5 Å². The molecule has 2 aliphatic carbocycles. The second-order valence-corrected chi connectivity index (χ2v) is 5.60. The molecule has 0 aromatic heterocycles. The van der Waals surface area contributed by atoms with Crippen molar-refractivity contribution in [2.24, 2.45) is 5.41 Å². The highest BCUT2D eigenvalue weighted by Crippen LogP contribution is 2.52. The quantitative estimate of drug-likeness (QED) is 0.772. The summed E-state index contributed by atoms with van der Waals surface area (Å²) in [4.78, 5) is 12.3. The lowest BCUT2D eigenvalue weighted by molar-refractivity contribution is -0.180. The Labute approximate surface area is 104 Å². The molecule has 0 bridgehead atoms. The van der Waals surface area contributed by atoms with Gasteiger partial charge in [0.25, 0.3) is 0 Å². The second-order valence-electron chi connectivity index (χ2n) is 5.60. The fourth-order valence-corrected chi connectivity index (χ4v) is 3.72. The van der Waals surface area contributed by atoms with Gasteiger partial charge in [0, 0.05) is 0 Å². The predicted molar refractivity (Wildman–Crippen MR) is 65.6 cm³/mol. The molecule has 0 spiro atoms. The Bertz CT molecular complexity index is 273. The molecule has 3 nitrogen and oxygen atoms in total. The molecule has 0 saturated heterocycles. The van der Waals surface area contributed by atoms with Crippen LogP contribution < -0.4 is 0 Å². The van der Waals surface area contributed by atoms with E-state index in [1.165, 1.54) is 6.42 Å². The molecule has 0 amide bonds. The van der Waals surface area contributed by atoms with Gasteiger partial charge in [0.05, 0.1) is 17.6 Å². The lowest BCUT2D eigenvalue weighted by Crippen LogP contribution is -2.53. The van der Waals surface area contributed by atoms with E-state index in [1.807, 2.05) is 6.92 Å². The van der Waals surface area contributed by atoms with Crippen molar-refractivity contribution in [3.63, 3.8) is 0 Å². The van der Waals surface area contributed by atoms with Crippen molar-refractivity contribution in [2.45, 2.75) is 70.3 Å². The van der Waals surface area contributed by atoms with Gasteiger partial charge in [0.2, 0.25) is 0 Å². The molecule has 0 radical (unpaired) electrons. The largest absolute Gasteiger partial charge is 0.465 e. The Morgan fingerprint density at radius 2 is 1.59 bits per heavy atom. The Balaban J connectivity index is 2.25. The van der Waals surface area contributed by atoms with Crippen molar-refractivity contribution < 1.29 is 14.6 Å². The molecule has 2 rings (SSSR count). The maximum Gasteiger partial charge on any atom is 0.314 e. The van der Waals surface area contributed by atoms with Crippen LogP contribution in [0.15, 0.2) is 0 Å². The van der Waals surface area contributed by atoms with E-state index in [-0.39, 0.29) is 5.97 Å². The van der Waals surface area contributed by atoms with Gasteiger partial charge in [-0.05, 0) is 32.6 Å². The third kappa shape index (κ3) is 2.10. The SMILES string of the molecule is CCOC(=O)C1(C2(O)CCCC2)CCCCC1. The van der Waals surface area contributed by atoms with E-state index >= 15 is 0 Å². The van der Waals surface area contributed by atoms with Crippen LogP contribution in [0.4, 0.5) is 0 Å². The van der Waals surface area contributed by atoms with Crippen molar-refractivity contribution >= 4 is 5.97 Å². The molecule has 0 aromatic rings. The Hall–Kier alpha value is -0.570. The van der Waals surface area contributed by atoms with Crippen LogP contribution in [0.5, 0.6) is 0 Å². The third-order valence-electron chi connectivity index (χ3n) is 4.69. The van der Waals surface area contributed by atoms with Gasteiger partial charge in [-0.15, -0.1) is 0 Å². The number of carbonyl (C=O) groups is 1. The normalized spacial score (nSPS) is 26.7. The third-order valence-corrected chi connectivity index (χ3v) is 4.69. The lowest BCUT2D eigenvalue weighted by atomic mass is 9.62. The first kappa shape index (κ1) is 12.9. The van der Waals surface area contributed by atoms with Crippen LogP contribution in [0.3, 0.4) is 0 Å². The number of esters is 1. The predicted octanol–water partition coefficient (Wildman–Crippen LogP) is 2.81. The minimum Gasteiger partial charge on any atom is -0.465 e. The first-order valence-electron chi connectivity index (χ1n) is 7.04. The highest BCUT2D eigenvalue weighted by molar-refractivity contribution is 5.78. The minimum atomic E-state index is -0.792. The summed E-state index contributed by atoms with van der Waals surface area (Å²) in [5, 5.41) is 10.9. The summed E-state index contributed by atoms with van der Waals surface area (Å²) in [5.74, 6) is -0.149. The van der Waals surface area contributed by atoms with Crippen molar-refractivity contribution in [1.29, 1.82) is 0 Å². The number of aliphatic hydroxyl groups is 1. The molecule has 98 valence electrons. The molecule has 0 aromatic carbocycles. The Kier molecular flexibility index (Phi) is 3.76. The monoisotopic (exact) mass is 240 g/mol. The highest BCUT2D eigenvalue weighted by Gasteiger charge is 2.57. The van der Waals surface area contributed by atoms with Crippen LogP contribution in [0.1, 0.15) is 64.7 Å². The van der Waals surface area contributed by atoms with Gasteiger partial charge >= 0.3 is 5.97 Å². The molecule has 1 N–H and O–H groups in total. The van der Waals surface area contributed by atoms with Crippen LogP contribution in [-0.2, 0) is 9.53 Å². The van der Waals surface area contributed by atoms with Crippen molar-refractivity contribution in [1.82, 2.24) is 0 Å². The molecule has 2 saturated carbocycles. The highest BCUT2D eigenvalue weighted by atomic mass is 16.5. The zero-order valence-electron chi connectivity index (χ0n) is 10.8. The van der Waals surface area contributed by atoms with Crippen LogP contribution in [0, 0.1) is 5.41 Å². The maximum atomic E-state index is 12.3. The summed E-state index contributed by atoms with van der Waals surface area (Å²) in [6.07, 6.45) is 8.50. The van der Waals surface area contributed by atoms with Crippen LogP contribution in [-0.4, -0.2) is 23.3 Å². The summed E-state index contributed by atoms with van der Waals surface area (Å²) in [6.45, 7) is 2.25. The van der Waals surface area contributed by atoms with Crippen molar-refractivity contribution in [3.8, 4) is 0 Å². The molecule has 2 aliphatic rings. The number of hydrogen-bond acceptors (Lipinski definition) is 3. The van der Waals surface area contributed by atoms with E-state index in [2.05, 4.69) is 0 Å². The first-order valence-corrected chi connectivity index (χ1v) is 7.04. The zero-order valence-corrected chi connectivity index (χ0v) is 10.8. The van der Waals surface area contributed by atoms with Crippen LogP contribution >= 0.6 is 0 Å². The van der Waals surface area contributed by atoms with E-state index in [9.17, 15) is 9.90 Å². The van der Waals surface area contributed by atoms with Crippen LogP contribution in [0.2, 0.25) is 0 Å². The van der Waals surface area contributed by atoms with Gasteiger partial charge in [-0.3, -0.25) is 4.79 Å². The average Bonchev–Trinajstić information content (AvgIpc) is 2.79. The van der Waals surface area contributed by atoms with Gasteiger partial charge in [0.15, 0.2) is 0 Å². The molecule has 0 unspecified atom stereocenters. The summed E-state index contributed by atoms with van der Waals surface area (Å²) in [7, 11) is 0. The molecular formula is C14H24O3. The number of rotatable bonds is 3. The lowest BCUT2D eigenvalue weighted by Gasteiger charge is -2.45. The summed E-state index contributed by atoms with van der Waals surface area (Å²) in [6, 6.07) is 0.